The Morgan fingerprint density at radius 3 is 0.800 bits per heavy atom. The second-order valence-corrected chi connectivity index (χ2v) is 31.5. The molecule has 6 atom stereocenters. The fourth-order valence-electron chi connectivity index (χ4n) is 11.6. The van der Waals surface area contributed by atoms with Gasteiger partial charge in [-0.1, -0.05) is 337 Å². The monoisotopic (exact) mass is 1400 g/mol. The average molecular weight is 1400 g/mol. The predicted octanol–water partition coefficient (Wildman–Crippen LogP) is 22.2. The van der Waals surface area contributed by atoms with E-state index >= 15 is 0 Å². The second kappa shape index (κ2) is 66.6. The number of ether oxygens (including phenoxy) is 4. The van der Waals surface area contributed by atoms with E-state index in [1.54, 1.807) is 0 Å². The molecule has 0 radical (unpaired) electrons. The maximum Gasteiger partial charge on any atom is 0.472 e. The predicted molar refractivity (Wildman–Crippen MR) is 386 cm³/mol. The maximum atomic E-state index is 13.1. The zero-order valence-electron chi connectivity index (χ0n) is 62.1. The maximum absolute atomic E-state index is 13.1. The van der Waals surface area contributed by atoms with Crippen LogP contribution in [0.3, 0.4) is 0 Å². The number of unbranched alkanes of at least 4 members (excludes halogenated alkanes) is 41. The van der Waals surface area contributed by atoms with Crippen molar-refractivity contribution in [2.75, 3.05) is 39.6 Å². The molecule has 0 aliphatic heterocycles. The van der Waals surface area contributed by atoms with Gasteiger partial charge in [-0.2, -0.15) is 0 Å². The van der Waals surface area contributed by atoms with Gasteiger partial charge < -0.3 is 33.8 Å². The van der Waals surface area contributed by atoms with Crippen LogP contribution in [0.4, 0.5) is 0 Å². The largest absolute Gasteiger partial charge is 0.472 e. The van der Waals surface area contributed by atoms with Gasteiger partial charge in [0.1, 0.15) is 19.3 Å². The third-order valence-corrected chi connectivity index (χ3v) is 19.9. The summed E-state index contributed by atoms with van der Waals surface area (Å²) < 4.78 is 68.4. The van der Waals surface area contributed by atoms with Gasteiger partial charge in [-0.25, -0.2) is 9.13 Å². The standard InChI is InChI=1S/C76H148O17P2/c1-8-10-11-12-33-43-50-57-73(78)86-63-71(92-76(81)60-53-46-39-32-26-25-28-35-41-48-55-68(5)6)65-90-94(82,83)88-61-70(77)62-89-95(84,85)91-66-72(64-87-74(79)58-51-44-37-30-23-19-15-13-17-21-27-34-40-47-54-67(3)4)93-75(80)59-52-45-38-31-24-20-16-14-18-22-29-36-42-49-56-69(7)9-2/h67-72,77H,8-66H2,1-7H3,(H,82,83)(H,84,85)/t69?,70-,71+,72+/m0/s1. The van der Waals surface area contributed by atoms with E-state index in [9.17, 15) is 43.2 Å². The summed E-state index contributed by atoms with van der Waals surface area (Å²) in [6.45, 7) is 11.9. The van der Waals surface area contributed by atoms with Crippen LogP contribution in [0.1, 0.15) is 389 Å². The third-order valence-electron chi connectivity index (χ3n) is 18.0. The van der Waals surface area contributed by atoms with Crippen molar-refractivity contribution >= 4 is 39.5 Å². The van der Waals surface area contributed by atoms with Gasteiger partial charge >= 0.3 is 39.5 Å². The Morgan fingerprint density at radius 1 is 0.305 bits per heavy atom. The normalized spacial score (nSPS) is 14.4. The van der Waals surface area contributed by atoms with Crippen LogP contribution in [0.2, 0.25) is 0 Å². The van der Waals surface area contributed by atoms with E-state index in [2.05, 4.69) is 48.5 Å². The van der Waals surface area contributed by atoms with Crippen LogP contribution in [0.5, 0.6) is 0 Å². The van der Waals surface area contributed by atoms with Gasteiger partial charge in [-0.15, -0.1) is 0 Å². The molecule has 3 N–H and O–H groups in total. The Balaban J connectivity index is 5.20. The first kappa shape index (κ1) is 93.1. The van der Waals surface area contributed by atoms with Crippen molar-refractivity contribution < 1.29 is 80.2 Å². The molecule has 17 nitrogen and oxygen atoms in total. The van der Waals surface area contributed by atoms with Crippen LogP contribution in [-0.2, 0) is 65.4 Å². The molecule has 0 saturated heterocycles. The van der Waals surface area contributed by atoms with Crippen LogP contribution in [0.15, 0.2) is 0 Å². The van der Waals surface area contributed by atoms with E-state index in [-0.39, 0.29) is 25.7 Å². The Bertz CT molecular complexity index is 1850. The number of hydrogen-bond donors (Lipinski definition) is 3. The fourth-order valence-corrected chi connectivity index (χ4v) is 13.1. The molecule has 0 aromatic rings. The lowest BCUT2D eigenvalue weighted by Crippen LogP contribution is -2.30. The molecule has 0 rings (SSSR count). The highest BCUT2D eigenvalue weighted by Crippen LogP contribution is 2.45. The molecule has 0 spiro atoms. The summed E-state index contributed by atoms with van der Waals surface area (Å²) in [5, 5.41) is 10.6. The Kier molecular flexibility index (Phi) is 65.2. The smallest absolute Gasteiger partial charge is 0.462 e. The number of aliphatic hydroxyl groups is 1. The molecule has 0 amide bonds. The molecule has 0 saturated carbocycles. The van der Waals surface area contributed by atoms with Crippen LogP contribution in [0.25, 0.3) is 0 Å². The number of rotatable bonds is 74. The van der Waals surface area contributed by atoms with Gasteiger partial charge in [0, 0.05) is 25.7 Å². The van der Waals surface area contributed by atoms with Crippen molar-refractivity contribution in [1.29, 1.82) is 0 Å². The SMILES string of the molecule is CCCCCCCCCC(=O)OC[C@H](COP(=O)(O)OC[C@H](O)COP(=O)(O)OC[C@@H](COC(=O)CCCCCCCCCCCCCCCCC(C)C)OC(=O)CCCCCCCCCCCCCCCCC(C)CC)OC(=O)CCCCCCCCCCCCC(C)C. The molecule has 0 heterocycles. The van der Waals surface area contributed by atoms with E-state index in [4.69, 9.17) is 37.0 Å². The van der Waals surface area contributed by atoms with Gasteiger partial charge in [-0.05, 0) is 43.4 Å². The molecule has 564 valence electrons. The Morgan fingerprint density at radius 2 is 0.537 bits per heavy atom. The van der Waals surface area contributed by atoms with E-state index in [0.29, 0.717) is 25.7 Å². The van der Waals surface area contributed by atoms with Gasteiger partial charge in [0.15, 0.2) is 12.2 Å². The summed E-state index contributed by atoms with van der Waals surface area (Å²) in [6, 6.07) is 0. The highest BCUT2D eigenvalue weighted by atomic mass is 31.2. The summed E-state index contributed by atoms with van der Waals surface area (Å²) in [5.41, 5.74) is 0. The number of aliphatic hydroxyl groups excluding tert-OH is 1. The highest BCUT2D eigenvalue weighted by Gasteiger charge is 2.30. The molecule has 0 aliphatic rings. The summed E-state index contributed by atoms with van der Waals surface area (Å²) in [7, 11) is -9.91. The zero-order valence-corrected chi connectivity index (χ0v) is 63.9. The van der Waals surface area contributed by atoms with Gasteiger partial charge in [0.25, 0.3) is 0 Å². The van der Waals surface area contributed by atoms with Gasteiger partial charge in [0.05, 0.1) is 26.4 Å². The fraction of sp³-hybridized carbons (Fsp3) is 0.947. The lowest BCUT2D eigenvalue weighted by molar-refractivity contribution is -0.161. The minimum Gasteiger partial charge on any atom is -0.462 e. The highest BCUT2D eigenvalue weighted by molar-refractivity contribution is 7.47. The number of carbonyl (C=O) groups is 4. The van der Waals surface area contributed by atoms with Crippen molar-refractivity contribution in [2.45, 2.75) is 407 Å². The molecular formula is C76H148O17P2. The van der Waals surface area contributed by atoms with Crippen molar-refractivity contribution in [2.24, 2.45) is 17.8 Å². The topological polar surface area (TPSA) is 237 Å². The van der Waals surface area contributed by atoms with Crippen molar-refractivity contribution in [3.8, 4) is 0 Å². The number of carbonyl (C=O) groups excluding carboxylic acids is 4. The lowest BCUT2D eigenvalue weighted by Gasteiger charge is -2.21. The molecular weight excluding hydrogens is 1250 g/mol. The molecule has 0 aromatic heterocycles. The first-order chi connectivity index (χ1) is 45.8. The molecule has 19 heteroatoms. The third kappa shape index (κ3) is 69.0. The minimum absolute atomic E-state index is 0.105. The average Bonchev–Trinajstić information content (AvgIpc) is 3.33. The number of hydrogen-bond acceptors (Lipinski definition) is 15. The Hall–Kier alpha value is -1.94. The van der Waals surface area contributed by atoms with Crippen LogP contribution in [0, 0.1) is 17.8 Å². The summed E-state index contributed by atoms with van der Waals surface area (Å²) >= 11 is 0. The quantitative estimate of drug-likeness (QED) is 0.0222. The molecule has 0 bridgehead atoms. The minimum atomic E-state index is -4.96. The van der Waals surface area contributed by atoms with E-state index in [1.165, 1.54) is 186 Å². The van der Waals surface area contributed by atoms with E-state index < -0.39 is 97.5 Å². The summed E-state index contributed by atoms with van der Waals surface area (Å²) in [5.74, 6) is 0.276. The number of phosphoric acid groups is 2. The van der Waals surface area contributed by atoms with Crippen molar-refractivity contribution in [3.63, 3.8) is 0 Å². The number of phosphoric ester groups is 2. The van der Waals surface area contributed by atoms with Crippen LogP contribution >= 0.6 is 15.6 Å². The van der Waals surface area contributed by atoms with Crippen molar-refractivity contribution in [3.05, 3.63) is 0 Å². The second-order valence-electron chi connectivity index (χ2n) is 28.6. The molecule has 0 aliphatic carbocycles. The first-order valence-electron chi connectivity index (χ1n) is 39.4. The zero-order chi connectivity index (χ0) is 70.1. The molecule has 0 aromatic carbocycles. The molecule has 95 heavy (non-hydrogen) atoms. The van der Waals surface area contributed by atoms with Crippen LogP contribution in [-0.4, -0.2) is 96.7 Å². The first-order valence-corrected chi connectivity index (χ1v) is 42.4. The summed E-state index contributed by atoms with van der Waals surface area (Å²) in [4.78, 5) is 72.7. The van der Waals surface area contributed by atoms with E-state index in [1.807, 2.05) is 0 Å². The van der Waals surface area contributed by atoms with Crippen molar-refractivity contribution in [1.82, 2.24) is 0 Å². The van der Waals surface area contributed by atoms with Gasteiger partial charge in [0.2, 0.25) is 0 Å². The number of esters is 4. The molecule has 0 fully saturated rings. The van der Waals surface area contributed by atoms with Gasteiger partial charge in [-0.3, -0.25) is 37.3 Å². The lowest BCUT2D eigenvalue weighted by atomic mass is 9.99. The van der Waals surface area contributed by atoms with Crippen LogP contribution < -0.4 is 0 Å². The molecule has 3 unspecified atom stereocenters. The Labute approximate surface area is 581 Å². The van der Waals surface area contributed by atoms with E-state index in [0.717, 1.165) is 120 Å². The summed E-state index contributed by atoms with van der Waals surface area (Å²) in [6.07, 6.45) is 52.8.